The van der Waals surface area contributed by atoms with E-state index in [1.165, 1.54) is 13.2 Å². The number of carbonyl (C=O) groups excluding carboxylic acids is 1. The molecule has 1 unspecified atom stereocenters. The third-order valence-corrected chi connectivity index (χ3v) is 5.72. The second-order valence-electron chi connectivity index (χ2n) is 5.45. The molecule has 0 spiro atoms. The first-order valence-corrected chi connectivity index (χ1v) is 9.32. The van der Waals surface area contributed by atoms with Crippen molar-refractivity contribution in [1.29, 1.82) is 0 Å². The highest BCUT2D eigenvalue weighted by Crippen LogP contribution is 2.23. The molecule has 1 aromatic heterocycles. The van der Waals surface area contributed by atoms with Gasteiger partial charge in [-0.3, -0.25) is 0 Å². The summed E-state index contributed by atoms with van der Waals surface area (Å²) in [5, 5.41) is 1.57. The van der Waals surface area contributed by atoms with Crippen molar-refractivity contribution < 1.29 is 17.9 Å². The van der Waals surface area contributed by atoms with Gasteiger partial charge in [-0.05, 0) is 30.7 Å². The van der Waals surface area contributed by atoms with Crippen LogP contribution in [0, 0.1) is 5.92 Å². The summed E-state index contributed by atoms with van der Waals surface area (Å²) in [6, 6.07) is 1.26. The van der Waals surface area contributed by atoms with Crippen molar-refractivity contribution in [3.05, 3.63) is 16.3 Å². The van der Waals surface area contributed by atoms with Gasteiger partial charge in [-0.2, -0.15) is 0 Å². The van der Waals surface area contributed by atoms with E-state index in [0.29, 0.717) is 5.92 Å². The number of hydrogen-bond donors (Lipinski definition) is 1. The molecular formula is C14H23NO4S2. The molecular weight excluding hydrogens is 310 g/mol. The van der Waals surface area contributed by atoms with Crippen LogP contribution in [-0.4, -0.2) is 27.5 Å². The average molecular weight is 333 g/mol. The summed E-state index contributed by atoms with van der Waals surface area (Å²) < 4.78 is 31.9. The first kappa shape index (κ1) is 18.1. The summed E-state index contributed by atoms with van der Waals surface area (Å²) in [6.45, 7) is 6.12. The Hall–Kier alpha value is -0.920. The maximum atomic E-state index is 12.3. The number of sulfonamides is 1. The Bertz CT molecular complexity index is 563. The van der Waals surface area contributed by atoms with Crippen LogP contribution >= 0.6 is 11.3 Å². The highest BCUT2D eigenvalue weighted by molar-refractivity contribution is 7.89. The summed E-state index contributed by atoms with van der Waals surface area (Å²) in [5.41, 5.74) is 0. The van der Waals surface area contributed by atoms with Crippen LogP contribution in [0.15, 0.2) is 16.3 Å². The SMILES string of the molecule is COC(=O)c1sccc1S(=O)(=O)NC(C)CCCC(C)C. The van der Waals surface area contributed by atoms with Crippen molar-refractivity contribution in [2.75, 3.05) is 7.11 Å². The van der Waals surface area contributed by atoms with Gasteiger partial charge in [-0.25, -0.2) is 17.9 Å². The molecule has 0 fully saturated rings. The van der Waals surface area contributed by atoms with Crippen molar-refractivity contribution in [2.24, 2.45) is 5.92 Å². The maximum Gasteiger partial charge on any atom is 0.349 e. The molecule has 7 heteroatoms. The van der Waals surface area contributed by atoms with E-state index in [9.17, 15) is 13.2 Å². The summed E-state index contributed by atoms with van der Waals surface area (Å²) in [4.78, 5) is 11.7. The topological polar surface area (TPSA) is 72.5 Å². The van der Waals surface area contributed by atoms with Crippen molar-refractivity contribution in [3.8, 4) is 0 Å². The van der Waals surface area contributed by atoms with Gasteiger partial charge in [0.1, 0.15) is 9.77 Å². The van der Waals surface area contributed by atoms with Crippen molar-refractivity contribution in [2.45, 2.75) is 51.0 Å². The number of thiophene rings is 1. The molecule has 0 saturated heterocycles. The van der Waals surface area contributed by atoms with Gasteiger partial charge in [0.2, 0.25) is 10.0 Å². The van der Waals surface area contributed by atoms with Crippen molar-refractivity contribution >= 4 is 27.3 Å². The number of hydrogen-bond acceptors (Lipinski definition) is 5. The Morgan fingerprint density at radius 2 is 2.00 bits per heavy atom. The lowest BCUT2D eigenvalue weighted by Crippen LogP contribution is -2.33. The third-order valence-electron chi connectivity index (χ3n) is 3.06. The molecule has 21 heavy (non-hydrogen) atoms. The molecule has 0 aliphatic heterocycles. The fourth-order valence-corrected chi connectivity index (χ4v) is 4.58. The molecule has 1 N–H and O–H groups in total. The van der Waals surface area contributed by atoms with Crippen LogP contribution < -0.4 is 4.72 Å². The van der Waals surface area contributed by atoms with Gasteiger partial charge in [0.25, 0.3) is 0 Å². The molecule has 120 valence electrons. The average Bonchev–Trinajstić information content (AvgIpc) is 2.86. The number of carbonyl (C=O) groups is 1. The van der Waals surface area contributed by atoms with E-state index >= 15 is 0 Å². The van der Waals surface area contributed by atoms with Gasteiger partial charge >= 0.3 is 5.97 Å². The Morgan fingerprint density at radius 3 is 2.57 bits per heavy atom. The molecule has 0 aliphatic carbocycles. The van der Waals surface area contributed by atoms with E-state index < -0.39 is 16.0 Å². The van der Waals surface area contributed by atoms with Crippen LogP contribution in [0.3, 0.4) is 0 Å². The van der Waals surface area contributed by atoms with Gasteiger partial charge in [-0.1, -0.05) is 26.7 Å². The Labute approximate surface area is 130 Å². The largest absolute Gasteiger partial charge is 0.465 e. The molecule has 1 atom stereocenters. The molecule has 0 aliphatic rings. The van der Waals surface area contributed by atoms with E-state index in [4.69, 9.17) is 0 Å². The fourth-order valence-electron chi connectivity index (χ4n) is 1.97. The first-order valence-electron chi connectivity index (χ1n) is 6.96. The zero-order valence-electron chi connectivity index (χ0n) is 12.9. The molecule has 0 bridgehead atoms. The van der Waals surface area contributed by atoms with E-state index in [0.717, 1.165) is 30.6 Å². The molecule has 0 saturated carbocycles. The molecule has 1 heterocycles. The predicted molar refractivity (Wildman–Crippen MR) is 84.1 cm³/mol. The lowest BCUT2D eigenvalue weighted by Gasteiger charge is -2.14. The Balaban J connectivity index is 2.74. The minimum atomic E-state index is -3.69. The zero-order chi connectivity index (χ0) is 16.0. The lowest BCUT2D eigenvalue weighted by molar-refractivity contribution is 0.0602. The summed E-state index contributed by atoms with van der Waals surface area (Å²) >= 11 is 1.06. The number of nitrogens with one attached hydrogen (secondary N) is 1. The molecule has 1 rings (SSSR count). The van der Waals surface area contributed by atoms with Gasteiger partial charge in [0, 0.05) is 6.04 Å². The standard InChI is InChI=1S/C14H23NO4S2/c1-10(2)6-5-7-11(3)15-21(17,18)12-8-9-20-13(12)14(16)19-4/h8-11,15H,5-7H2,1-4H3. The van der Waals surface area contributed by atoms with Crippen LogP contribution in [-0.2, 0) is 14.8 Å². The smallest absolute Gasteiger partial charge is 0.349 e. The van der Waals surface area contributed by atoms with Crippen LogP contribution in [0.1, 0.15) is 49.7 Å². The van der Waals surface area contributed by atoms with Gasteiger partial charge in [0.15, 0.2) is 0 Å². The van der Waals surface area contributed by atoms with Crippen LogP contribution in [0.25, 0.3) is 0 Å². The van der Waals surface area contributed by atoms with Gasteiger partial charge in [-0.15, -0.1) is 11.3 Å². The van der Waals surface area contributed by atoms with Crippen molar-refractivity contribution in [3.63, 3.8) is 0 Å². The third kappa shape index (κ3) is 5.41. The van der Waals surface area contributed by atoms with E-state index in [2.05, 4.69) is 23.3 Å². The summed E-state index contributed by atoms with van der Waals surface area (Å²) in [6.07, 6.45) is 2.81. The number of esters is 1. The minimum Gasteiger partial charge on any atom is -0.465 e. The number of ether oxygens (including phenoxy) is 1. The fraction of sp³-hybridized carbons (Fsp3) is 0.643. The monoisotopic (exact) mass is 333 g/mol. The number of rotatable bonds is 8. The molecule has 5 nitrogen and oxygen atoms in total. The molecule has 0 radical (unpaired) electrons. The van der Waals surface area contributed by atoms with Crippen molar-refractivity contribution in [1.82, 2.24) is 4.72 Å². The second-order valence-corrected chi connectivity index (χ2v) is 8.05. The highest BCUT2D eigenvalue weighted by atomic mass is 32.2. The van der Waals surface area contributed by atoms with Gasteiger partial charge in [0.05, 0.1) is 7.11 Å². The summed E-state index contributed by atoms with van der Waals surface area (Å²) in [5.74, 6) is -0.0190. The highest BCUT2D eigenvalue weighted by Gasteiger charge is 2.25. The number of methoxy groups -OCH3 is 1. The Morgan fingerprint density at radius 1 is 1.33 bits per heavy atom. The quantitative estimate of drug-likeness (QED) is 0.742. The van der Waals surface area contributed by atoms with Crippen LogP contribution in [0.5, 0.6) is 0 Å². The predicted octanol–water partition coefficient (Wildman–Crippen LogP) is 3.03. The Kier molecular flexibility index (Phi) is 6.83. The van der Waals surface area contributed by atoms with Crippen LogP contribution in [0.2, 0.25) is 0 Å². The summed E-state index contributed by atoms with van der Waals surface area (Å²) in [7, 11) is -2.46. The van der Waals surface area contributed by atoms with E-state index in [-0.39, 0.29) is 15.8 Å². The van der Waals surface area contributed by atoms with E-state index in [1.807, 2.05) is 6.92 Å². The molecule has 1 aromatic rings. The molecule has 0 amide bonds. The molecule has 0 aromatic carbocycles. The lowest BCUT2D eigenvalue weighted by atomic mass is 10.0. The zero-order valence-corrected chi connectivity index (χ0v) is 14.5. The van der Waals surface area contributed by atoms with Crippen LogP contribution in [0.4, 0.5) is 0 Å². The van der Waals surface area contributed by atoms with Gasteiger partial charge < -0.3 is 4.74 Å². The van der Waals surface area contributed by atoms with E-state index in [1.54, 1.807) is 5.38 Å². The first-order chi connectivity index (χ1) is 9.77. The maximum absolute atomic E-state index is 12.3. The minimum absolute atomic E-state index is 0.00457. The second kappa shape index (κ2) is 7.91. The normalized spacial score (nSPS) is 13.4.